The Labute approximate surface area is 120 Å². The van der Waals surface area contributed by atoms with Gasteiger partial charge in [0.2, 0.25) is 0 Å². The van der Waals surface area contributed by atoms with Crippen molar-refractivity contribution in [2.45, 2.75) is 12.8 Å². The summed E-state index contributed by atoms with van der Waals surface area (Å²) in [5, 5.41) is 0. The minimum atomic E-state index is 0.424. The van der Waals surface area contributed by atoms with Gasteiger partial charge in [-0.25, -0.2) is 0 Å². The number of hydrogen-bond acceptors (Lipinski definition) is 3. The minimum Gasteiger partial charge on any atom is -0.493 e. The van der Waals surface area contributed by atoms with Gasteiger partial charge in [0.05, 0.1) is 6.61 Å². The summed E-state index contributed by atoms with van der Waals surface area (Å²) in [7, 11) is 0. The second-order valence-electron chi connectivity index (χ2n) is 5.18. The molecule has 3 heteroatoms. The molecule has 104 valence electrons. The van der Waals surface area contributed by atoms with Crippen LogP contribution in [0, 0.1) is 0 Å². The molecule has 0 radical (unpaired) electrons. The van der Waals surface area contributed by atoms with Crippen LogP contribution in [-0.4, -0.2) is 19.7 Å². The summed E-state index contributed by atoms with van der Waals surface area (Å²) in [6, 6.07) is 16.4. The van der Waals surface area contributed by atoms with E-state index >= 15 is 0 Å². The van der Waals surface area contributed by atoms with E-state index < -0.39 is 0 Å². The Morgan fingerprint density at radius 1 is 1.20 bits per heavy atom. The van der Waals surface area contributed by atoms with E-state index in [1.807, 2.05) is 30.3 Å². The predicted molar refractivity (Wildman–Crippen MR) is 83.4 cm³/mol. The first-order chi connectivity index (χ1) is 9.78. The summed E-state index contributed by atoms with van der Waals surface area (Å²) in [6.07, 6.45) is 0. The van der Waals surface area contributed by atoms with Gasteiger partial charge in [0.25, 0.3) is 0 Å². The lowest BCUT2D eigenvalue weighted by Crippen LogP contribution is -2.29. The van der Waals surface area contributed by atoms with E-state index in [1.54, 1.807) is 0 Å². The van der Waals surface area contributed by atoms with Gasteiger partial charge in [0, 0.05) is 35.9 Å². The van der Waals surface area contributed by atoms with E-state index in [-0.39, 0.29) is 0 Å². The molecule has 1 aliphatic rings. The molecule has 1 heterocycles. The van der Waals surface area contributed by atoms with Gasteiger partial charge in [0.1, 0.15) is 5.75 Å². The molecule has 0 aromatic heterocycles. The number of anilines is 2. The maximum Gasteiger partial charge on any atom is 0.122 e. The molecule has 0 spiro atoms. The van der Waals surface area contributed by atoms with Crippen molar-refractivity contribution < 1.29 is 4.74 Å². The third kappa shape index (κ3) is 2.44. The summed E-state index contributed by atoms with van der Waals surface area (Å²) < 4.78 is 5.76. The van der Waals surface area contributed by atoms with Crippen molar-refractivity contribution in [2.75, 3.05) is 30.3 Å². The molecule has 2 aromatic rings. The first-order valence-electron chi connectivity index (χ1n) is 7.10. The second kappa shape index (κ2) is 5.45. The SMILES string of the molecule is CCN(CC1COc2ccccc21)c1cccc(N)c1. The summed E-state index contributed by atoms with van der Waals surface area (Å²) in [4.78, 5) is 2.35. The molecule has 1 aliphatic heterocycles. The van der Waals surface area contributed by atoms with Crippen LogP contribution in [0.5, 0.6) is 5.75 Å². The van der Waals surface area contributed by atoms with E-state index in [0.29, 0.717) is 5.92 Å². The van der Waals surface area contributed by atoms with E-state index in [2.05, 4.69) is 30.0 Å². The third-order valence-electron chi connectivity index (χ3n) is 3.86. The van der Waals surface area contributed by atoms with Crippen molar-refractivity contribution in [3.05, 3.63) is 54.1 Å². The van der Waals surface area contributed by atoms with Crippen LogP contribution in [-0.2, 0) is 0 Å². The molecule has 20 heavy (non-hydrogen) atoms. The van der Waals surface area contributed by atoms with Gasteiger partial charge >= 0.3 is 0 Å². The van der Waals surface area contributed by atoms with Crippen LogP contribution in [0.1, 0.15) is 18.4 Å². The number of nitrogen functional groups attached to an aromatic ring is 1. The molecule has 0 saturated heterocycles. The summed E-state index contributed by atoms with van der Waals surface area (Å²) in [5.41, 5.74) is 9.19. The van der Waals surface area contributed by atoms with Crippen molar-refractivity contribution in [3.8, 4) is 5.75 Å². The van der Waals surface area contributed by atoms with Gasteiger partial charge < -0.3 is 15.4 Å². The molecule has 0 aliphatic carbocycles. The lowest BCUT2D eigenvalue weighted by atomic mass is 10.0. The topological polar surface area (TPSA) is 38.5 Å². The number of likely N-dealkylation sites (N-methyl/N-ethyl adjacent to an activating group) is 1. The Balaban J connectivity index is 1.80. The second-order valence-corrected chi connectivity index (χ2v) is 5.18. The molecule has 3 nitrogen and oxygen atoms in total. The molecule has 3 rings (SSSR count). The van der Waals surface area contributed by atoms with Crippen LogP contribution in [0.2, 0.25) is 0 Å². The number of ether oxygens (including phenoxy) is 1. The number of rotatable bonds is 4. The fraction of sp³-hybridized carbons (Fsp3) is 0.294. The van der Waals surface area contributed by atoms with Crippen LogP contribution in [0.15, 0.2) is 48.5 Å². The predicted octanol–water partition coefficient (Wildman–Crippen LogP) is 3.27. The smallest absolute Gasteiger partial charge is 0.122 e. The van der Waals surface area contributed by atoms with Gasteiger partial charge in [-0.2, -0.15) is 0 Å². The number of fused-ring (bicyclic) bond motifs is 1. The zero-order valence-corrected chi connectivity index (χ0v) is 11.8. The van der Waals surface area contributed by atoms with Crippen molar-refractivity contribution >= 4 is 11.4 Å². The lowest BCUT2D eigenvalue weighted by molar-refractivity contribution is 0.331. The molecule has 0 amide bonds. The van der Waals surface area contributed by atoms with E-state index in [1.165, 1.54) is 11.3 Å². The Hall–Kier alpha value is -2.16. The van der Waals surface area contributed by atoms with Gasteiger partial charge in [-0.1, -0.05) is 24.3 Å². The minimum absolute atomic E-state index is 0.424. The molecular weight excluding hydrogens is 248 g/mol. The molecule has 1 unspecified atom stereocenters. The quantitative estimate of drug-likeness (QED) is 0.865. The normalized spacial score (nSPS) is 16.6. The third-order valence-corrected chi connectivity index (χ3v) is 3.86. The number of hydrogen-bond donors (Lipinski definition) is 1. The zero-order valence-electron chi connectivity index (χ0n) is 11.8. The van der Waals surface area contributed by atoms with Gasteiger partial charge in [-0.05, 0) is 31.2 Å². The summed E-state index contributed by atoms with van der Waals surface area (Å²) >= 11 is 0. The van der Waals surface area contributed by atoms with Crippen LogP contribution in [0.25, 0.3) is 0 Å². The highest BCUT2D eigenvalue weighted by Crippen LogP contribution is 2.34. The fourth-order valence-corrected chi connectivity index (χ4v) is 2.79. The average molecular weight is 268 g/mol. The highest BCUT2D eigenvalue weighted by Gasteiger charge is 2.25. The van der Waals surface area contributed by atoms with Gasteiger partial charge in [-0.15, -0.1) is 0 Å². The number of benzene rings is 2. The van der Waals surface area contributed by atoms with Crippen molar-refractivity contribution in [2.24, 2.45) is 0 Å². The van der Waals surface area contributed by atoms with Gasteiger partial charge in [0.15, 0.2) is 0 Å². The summed E-state index contributed by atoms with van der Waals surface area (Å²) in [6.45, 7) is 4.85. The Morgan fingerprint density at radius 3 is 2.85 bits per heavy atom. The summed E-state index contributed by atoms with van der Waals surface area (Å²) in [5.74, 6) is 1.45. The molecule has 2 N–H and O–H groups in total. The zero-order chi connectivity index (χ0) is 13.9. The van der Waals surface area contributed by atoms with Crippen molar-refractivity contribution in [1.82, 2.24) is 0 Å². The Kier molecular flexibility index (Phi) is 3.50. The van der Waals surface area contributed by atoms with Crippen LogP contribution in [0.4, 0.5) is 11.4 Å². The van der Waals surface area contributed by atoms with Crippen LogP contribution in [0.3, 0.4) is 0 Å². The number of nitrogens with zero attached hydrogens (tertiary/aromatic N) is 1. The maximum atomic E-state index is 5.88. The number of para-hydroxylation sites is 1. The van der Waals surface area contributed by atoms with E-state index in [9.17, 15) is 0 Å². The first kappa shape index (κ1) is 12.9. The van der Waals surface area contributed by atoms with E-state index in [4.69, 9.17) is 10.5 Å². The lowest BCUT2D eigenvalue weighted by Gasteiger charge is -2.26. The first-order valence-corrected chi connectivity index (χ1v) is 7.10. The fourth-order valence-electron chi connectivity index (χ4n) is 2.79. The van der Waals surface area contributed by atoms with Crippen molar-refractivity contribution in [3.63, 3.8) is 0 Å². The number of nitrogens with two attached hydrogens (primary N) is 1. The maximum absolute atomic E-state index is 5.88. The van der Waals surface area contributed by atoms with Crippen molar-refractivity contribution in [1.29, 1.82) is 0 Å². The molecule has 0 fully saturated rings. The van der Waals surface area contributed by atoms with Crippen LogP contribution < -0.4 is 15.4 Å². The molecular formula is C17H20N2O. The Morgan fingerprint density at radius 2 is 2.05 bits per heavy atom. The van der Waals surface area contributed by atoms with Crippen LogP contribution >= 0.6 is 0 Å². The standard InChI is InChI=1S/C17H20N2O/c1-2-19(15-7-5-6-14(18)10-15)11-13-12-20-17-9-4-3-8-16(13)17/h3-10,13H,2,11-12,18H2,1H3. The van der Waals surface area contributed by atoms with Gasteiger partial charge in [-0.3, -0.25) is 0 Å². The highest BCUT2D eigenvalue weighted by molar-refractivity contribution is 5.56. The average Bonchev–Trinajstić information content (AvgIpc) is 2.88. The molecule has 0 saturated carbocycles. The molecule has 2 aromatic carbocycles. The highest BCUT2D eigenvalue weighted by atomic mass is 16.5. The monoisotopic (exact) mass is 268 g/mol. The molecule has 1 atom stereocenters. The van der Waals surface area contributed by atoms with E-state index in [0.717, 1.165) is 31.1 Å². The largest absolute Gasteiger partial charge is 0.493 e. The molecule has 0 bridgehead atoms. The Bertz CT molecular complexity index is 597.